The molecular formula is C21H14ClF2N7O. The number of aromatic nitrogens is 6. The average Bonchev–Trinajstić information content (AvgIpc) is 3.27. The van der Waals surface area contributed by atoms with Gasteiger partial charge in [0.1, 0.15) is 29.3 Å². The minimum absolute atomic E-state index is 0.0660. The van der Waals surface area contributed by atoms with Crippen molar-refractivity contribution in [2.24, 2.45) is 0 Å². The summed E-state index contributed by atoms with van der Waals surface area (Å²) in [7, 11) is 0. The molecule has 0 aliphatic rings. The maximum Gasteiger partial charge on any atom is 0.267 e. The van der Waals surface area contributed by atoms with Crippen LogP contribution in [0.25, 0.3) is 27.8 Å². The zero-order valence-corrected chi connectivity index (χ0v) is 17.2. The van der Waals surface area contributed by atoms with E-state index in [2.05, 4.69) is 30.2 Å². The molecule has 5 rings (SSSR count). The van der Waals surface area contributed by atoms with Gasteiger partial charge in [0.2, 0.25) is 0 Å². The van der Waals surface area contributed by atoms with Crippen LogP contribution in [0, 0.1) is 11.6 Å². The number of aromatic amines is 1. The summed E-state index contributed by atoms with van der Waals surface area (Å²) in [6.45, 7) is 1.78. The molecule has 2 N–H and O–H groups in total. The third-order valence-electron chi connectivity index (χ3n) is 5.00. The molecule has 11 heteroatoms. The van der Waals surface area contributed by atoms with E-state index < -0.39 is 23.2 Å². The molecular weight excluding hydrogens is 440 g/mol. The number of hydrogen-bond acceptors (Lipinski definition) is 6. The van der Waals surface area contributed by atoms with Gasteiger partial charge in [0, 0.05) is 0 Å². The van der Waals surface area contributed by atoms with Gasteiger partial charge >= 0.3 is 0 Å². The largest absolute Gasteiger partial charge is 0.358 e. The summed E-state index contributed by atoms with van der Waals surface area (Å²) in [6.07, 6.45) is 2.87. The lowest BCUT2D eigenvalue weighted by molar-refractivity contribution is 0.626. The Morgan fingerprint density at radius 3 is 2.66 bits per heavy atom. The quantitative estimate of drug-likeness (QED) is 0.424. The standard InChI is InChI=1S/C21H14ClF2N7O/c1-10(29-19-17-18(26-8-25-17)27-9-28-19)20-30-14-7-6-13(24)16(22)15(14)21(32)31(20)12-4-2-11(23)3-5-12/h2-10H,1H3,(H2,25,26,27,28,29). The fraction of sp³-hybridized carbons (Fsp3) is 0.0952. The van der Waals surface area contributed by atoms with Gasteiger partial charge in [-0.05, 0) is 43.3 Å². The summed E-state index contributed by atoms with van der Waals surface area (Å²) in [5, 5.41) is 2.80. The van der Waals surface area contributed by atoms with E-state index >= 15 is 0 Å². The SMILES string of the molecule is CC(Nc1ncnc2[nH]cnc12)c1nc2ccc(F)c(Cl)c2c(=O)n1-c1ccc(F)cc1. The van der Waals surface area contributed by atoms with E-state index in [0.29, 0.717) is 28.5 Å². The molecule has 160 valence electrons. The Morgan fingerprint density at radius 1 is 1.09 bits per heavy atom. The number of nitrogens with zero attached hydrogens (tertiary/aromatic N) is 5. The van der Waals surface area contributed by atoms with Gasteiger partial charge in [0.15, 0.2) is 11.5 Å². The molecule has 0 amide bonds. The molecule has 3 aromatic heterocycles. The van der Waals surface area contributed by atoms with Crippen molar-refractivity contribution in [1.82, 2.24) is 29.5 Å². The summed E-state index contributed by atoms with van der Waals surface area (Å²) < 4.78 is 28.9. The first-order chi connectivity index (χ1) is 15.4. The Hall–Kier alpha value is -3.92. The molecule has 0 fully saturated rings. The van der Waals surface area contributed by atoms with E-state index in [4.69, 9.17) is 11.6 Å². The number of H-pyrrole nitrogens is 1. The highest BCUT2D eigenvalue weighted by Crippen LogP contribution is 2.27. The highest BCUT2D eigenvalue weighted by atomic mass is 35.5. The highest BCUT2D eigenvalue weighted by Gasteiger charge is 2.22. The normalized spacial score (nSPS) is 12.4. The van der Waals surface area contributed by atoms with E-state index in [1.165, 1.54) is 47.6 Å². The lowest BCUT2D eigenvalue weighted by atomic mass is 10.2. The molecule has 0 spiro atoms. The fourth-order valence-electron chi connectivity index (χ4n) is 3.50. The second-order valence-corrected chi connectivity index (χ2v) is 7.41. The fourth-order valence-corrected chi connectivity index (χ4v) is 3.74. The first kappa shape index (κ1) is 20.0. The first-order valence-corrected chi connectivity index (χ1v) is 9.89. The maximum absolute atomic E-state index is 14.1. The molecule has 0 bridgehead atoms. The van der Waals surface area contributed by atoms with E-state index in [0.717, 1.165) is 6.07 Å². The van der Waals surface area contributed by atoms with Gasteiger partial charge in [-0.3, -0.25) is 9.36 Å². The summed E-state index contributed by atoms with van der Waals surface area (Å²) in [5.41, 5.74) is 1.06. The molecule has 1 unspecified atom stereocenters. The van der Waals surface area contributed by atoms with Crippen molar-refractivity contribution in [3.8, 4) is 5.69 Å². The highest BCUT2D eigenvalue weighted by molar-refractivity contribution is 6.35. The summed E-state index contributed by atoms with van der Waals surface area (Å²) >= 11 is 6.10. The van der Waals surface area contributed by atoms with Crippen molar-refractivity contribution in [3.05, 3.63) is 81.9 Å². The number of halogens is 3. The smallest absolute Gasteiger partial charge is 0.267 e. The lowest BCUT2D eigenvalue weighted by Crippen LogP contribution is -2.27. The Balaban J connectivity index is 1.73. The van der Waals surface area contributed by atoms with Crippen LogP contribution in [-0.4, -0.2) is 29.5 Å². The van der Waals surface area contributed by atoms with Gasteiger partial charge in [-0.25, -0.2) is 28.7 Å². The molecule has 0 radical (unpaired) electrons. The van der Waals surface area contributed by atoms with Gasteiger partial charge in [-0.2, -0.15) is 0 Å². The van der Waals surface area contributed by atoms with Crippen LogP contribution in [0.3, 0.4) is 0 Å². The number of anilines is 1. The van der Waals surface area contributed by atoms with Crippen LogP contribution in [0.15, 0.2) is 53.8 Å². The Bertz CT molecular complexity index is 1530. The average molecular weight is 454 g/mol. The minimum Gasteiger partial charge on any atom is -0.358 e. The van der Waals surface area contributed by atoms with Crippen molar-refractivity contribution in [3.63, 3.8) is 0 Å². The number of benzene rings is 2. The van der Waals surface area contributed by atoms with Crippen LogP contribution in [0.5, 0.6) is 0 Å². The van der Waals surface area contributed by atoms with Crippen LogP contribution in [-0.2, 0) is 0 Å². The molecule has 8 nitrogen and oxygen atoms in total. The van der Waals surface area contributed by atoms with Gasteiger partial charge in [-0.1, -0.05) is 11.6 Å². The van der Waals surface area contributed by atoms with Gasteiger partial charge < -0.3 is 10.3 Å². The lowest BCUT2D eigenvalue weighted by Gasteiger charge is -2.20. The number of hydrogen-bond donors (Lipinski definition) is 2. The molecule has 0 saturated carbocycles. The monoisotopic (exact) mass is 453 g/mol. The predicted octanol–water partition coefficient (Wildman–Crippen LogP) is 4.16. The van der Waals surface area contributed by atoms with Crippen LogP contribution in [0.1, 0.15) is 18.8 Å². The number of imidazole rings is 1. The molecule has 0 aliphatic heterocycles. The van der Waals surface area contributed by atoms with E-state index in [9.17, 15) is 13.6 Å². The van der Waals surface area contributed by atoms with Crippen LogP contribution >= 0.6 is 11.6 Å². The first-order valence-electron chi connectivity index (χ1n) is 9.51. The van der Waals surface area contributed by atoms with Gasteiger partial charge in [0.05, 0.1) is 34.0 Å². The third-order valence-corrected chi connectivity index (χ3v) is 5.37. The van der Waals surface area contributed by atoms with Crippen LogP contribution in [0.4, 0.5) is 14.6 Å². The predicted molar refractivity (Wildman–Crippen MR) is 116 cm³/mol. The Kier molecular flexibility index (Phi) is 4.78. The molecule has 0 aliphatic carbocycles. The molecule has 1 atom stereocenters. The molecule has 0 saturated heterocycles. The number of rotatable bonds is 4. The van der Waals surface area contributed by atoms with E-state index in [1.807, 2.05) is 0 Å². The van der Waals surface area contributed by atoms with Crippen molar-refractivity contribution >= 4 is 39.5 Å². The van der Waals surface area contributed by atoms with Crippen molar-refractivity contribution in [2.45, 2.75) is 13.0 Å². The molecule has 5 aromatic rings. The van der Waals surface area contributed by atoms with Crippen LogP contribution < -0.4 is 10.9 Å². The van der Waals surface area contributed by atoms with Crippen molar-refractivity contribution in [1.29, 1.82) is 0 Å². The maximum atomic E-state index is 14.1. The van der Waals surface area contributed by atoms with Gasteiger partial charge in [-0.15, -0.1) is 0 Å². The second kappa shape index (κ2) is 7.65. The molecule has 2 aromatic carbocycles. The van der Waals surface area contributed by atoms with Gasteiger partial charge in [0.25, 0.3) is 5.56 Å². The van der Waals surface area contributed by atoms with E-state index in [1.54, 1.807) is 6.92 Å². The third kappa shape index (κ3) is 3.25. The second-order valence-electron chi connectivity index (χ2n) is 7.03. The topological polar surface area (TPSA) is 101 Å². The molecule has 32 heavy (non-hydrogen) atoms. The minimum atomic E-state index is -0.732. The zero-order chi connectivity index (χ0) is 22.4. The van der Waals surface area contributed by atoms with Crippen LogP contribution in [0.2, 0.25) is 5.02 Å². The summed E-state index contributed by atoms with van der Waals surface area (Å²) in [6, 6.07) is 7.29. The molecule has 3 heterocycles. The Morgan fingerprint density at radius 2 is 1.88 bits per heavy atom. The summed E-state index contributed by atoms with van der Waals surface area (Å²) in [5.74, 6) is -0.473. The number of nitrogens with one attached hydrogen (secondary N) is 2. The zero-order valence-electron chi connectivity index (χ0n) is 16.5. The Labute approximate surface area is 184 Å². The van der Waals surface area contributed by atoms with Crippen molar-refractivity contribution < 1.29 is 8.78 Å². The number of fused-ring (bicyclic) bond motifs is 2. The van der Waals surface area contributed by atoms with Crippen molar-refractivity contribution in [2.75, 3.05) is 5.32 Å². The summed E-state index contributed by atoms with van der Waals surface area (Å²) in [4.78, 5) is 33.5. The van der Waals surface area contributed by atoms with E-state index in [-0.39, 0.29) is 15.9 Å².